The van der Waals surface area contributed by atoms with Crippen LogP contribution in [0.15, 0.2) is 47.5 Å². The maximum absolute atomic E-state index is 13.4. The highest BCUT2D eigenvalue weighted by Gasteiger charge is 2.24. The van der Waals surface area contributed by atoms with Crippen LogP contribution in [0, 0.1) is 5.82 Å². The lowest BCUT2D eigenvalue weighted by Gasteiger charge is -2.23. The summed E-state index contributed by atoms with van der Waals surface area (Å²) in [5, 5.41) is 9.92. The number of aromatic hydroxyl groups is 1. The first-order valence-electron chi connectivity index (χ1n) is 6.10. The minimum absolute atomic E-state index is 0.0879. The lowest BCUT2D eigenvalue weighted by atomic mass is 10.2. The molecule has 0 fully saturated rings. The summed E-state index contributed by atoms with van der Waals surface area (Å²) in [7, 11) is 0. The smallest absolute Gasteiger partial charge is 0.237 e. The number of nitrogens with zero attached hydrogens (tertiary/aromatic N) is 2. The van der Waals surface area contributed by atoms with Crippen LogP contribution in [0.4, 0.5) is 21.5 Å². The van der Waals surface area contributed by atoms with Gasteiger partial charge >= 0.3 is 0 Å². The monoisotopic (exact) mass is 270 g/mol. The summed E-state index contributed by atoms with van der Waals surface area (Å²) in [5.41, 5.74) is 1.24. The van der Waals surface area contributed by atoms with E-state index in [2.05, 4.69) is 4.99 Å². The Morgan fingerprint density at radius 3 is 2.80 bits per heavy atom. The molecule has 0 radical (unpaired) electrons. The predicted molar refractivity (Wildman–Crippen MR) is 74.4 cm³/mol. The molecule has 1 aliphatic heterocycles. The van der Waals surface area contributed by atoms with Gasteiger partial charge in [0, 0.05) is 12.3 Å². The van der Waals surface area contributed by atoms with Crippen LogP contribution in [-0.2, 0) is 4.79 Å². The maximum atomic E-state index is 13.4. The molecular formula is C15H11FN2O2. The van der Waals surface area contributed by atoms with Crippen molar-refractivity contribution in [2.75, 3.05) is 4.90 Å². The third-order valence-electron chi connectivity index (χ3n) is 3.05. The average molecular weight is 270 g/mol. The number of amides is 1. The zero-order chi connectivity index (χ0) is 14.1. The van der Waals surface area contributed by atoms with Gasteiger partial charge in [-0.05, 0) is 24.3 Å². The molecular weight excluding hydrogens is 259 g/mol. The highest BCUT2D eigenvalue weighted by Crippen LogP contribution is 2.39. The Bertz CT molecular complexity index is 713. The van der Waals surface area contributed by atoms with Crippen LogP contribution < -0.4 is 4.90 Å². The van der Waals surface area contributed by atoms with Gasteiger partial charge in [0.05, 0.1) is 23.5 Å². The largest absolute Gasteiger partial charge is 0.506 e. The zero-order valence-electron chi connectivity index (χ0n) is 10.5. The predicted octanol–water partition coefficient (Wildman–Crippen LogP) is 3.30. The molecule has 0 unspecified atom stereocenters. The van der Waals surface area contributed by atoms with E-state index in [4.69, 9.17) is 0 Å². The normalized spacial score (nSPS) is 14.1. The molecule has 0 aliphatic carbocycles. The Morgan fingerprint density at radius 2 is 1.95 bits per heavy atom. The van der Waals surface area contributed by atoms with E-state index in [1.165, 1.54) is 17.2 Å². The molecule has 0 bridgehead atoms. The van der Waals surface area contributed by atoms with E-state index < -0.39 is 5.82 Å². The van der Waals surface area contributed by atoms with E-state index >= 15 is 0 Å². The van der Waals surface area contributed by atoms with Crippen LogP contribution >= 0.6 is 0 Å². The summed E-state index contributed by atoms with van der Waals surface area (Å²) in [6, 6.07) is 10.5. The van der Waals surface area contributed by atoms with E-state index in [0.29, 0.717) is 11.4 Å². The molecule has 1 aliphatic rings. The van der Waals surface area contributed by atoms with Crippen molar-refractivity contribution in [1.29, 1.82) is 0 Å². The van der Waals surface area contributed by atoms with Crippen LogP contribution in [-0.4, -0.2) is 17.2 Å². The zero-order valence-corrected chi connectivity index (χ0v) is 10.5. The fourth-order valence-electron chi connectivity index (χ4n) is 2.15. The summed E-state index contributed by atoms with van der Waals surface area (Å²) >= 11 is 0. The highest BCUT2D eigenvalue weighted by molar-refractivity contribution is 6.10. The van der Waals surface area contributed by atoms with E-state index in [0.717, 1.165) is 12.1 Å². The molecule has 1 heterocycles. The second-order valence-electron chi connectivity index (χ2n) is 4.37. The van der Waals surface area contributed by atoms with E-state index in [9.17, 15) is 14.3 Å². The Labute approximate surface area is 114 Å². The minimum atomic E-state index is -0.520. The van der Waals surface area contributed by atoms with Crippen LogP contribution in [0.25, 0.3) is 0 Å². The number of anilines is 2. The molecule has 1 amide bonds. The maximum Gasteiger partial charge on any atom is 0.237 e. The Kier molecular flexibility index (Phi) is 2.95. The average Bonchev–Trinajstić information content (AvgIpc) is 2.60. The molecule has 5 heteroatoms. The third-order valence-corrected chi connectivity index (χ3v) is 3.05. The topological polar surface area (TPSA) is 52.9 Å². The van der Waals surface area contributed by atoms with E-state index in [1.54, 1.807) is 24.3 Å². The second-order valence-corrected chi connectivity index (χ2v) is 4.37. The molecule has 20 heavy (non-hydrogen) atoms. The SMILES string of the molecule is O=C1CC=Nc2ccccc2N1c1cc(F)ccc1O. The van der Waals surface area contributed by atoms with E-state index in [1.807, 2.05) is 0 Å². The number of aliphatic imine (C=N–C) groups is 1. The van der Waals surface area contributed by atoms with Gasteiger partial charge in [-0.1, -0.05) is 12.1 Å². The lowest BCUT2D eigenvalue weighted by molar-refractivity contribution is -0.116. The number of halogens is 1. The number of hydrogen-bond acceptors (Lipinski definition) is 3. The number of phenols is 1. The van der Waals surface area contributed by atoms with Gasteiger partial charge < -0.3 is 5.11 Å². The van der Waals surface area contributed by atoms with Crippen molar-refractivity contribution < 1.29 is 14.3 Å². The quantitative estimate of drug-likeness (QED) is 0.864. The summed E-state index contributed by atoms with van der Waals surface area (Å²) in [6.45, 7) is 0. The van der Waals surface area contributed by atoms with Gasteiger partial charge in [0.1, 0.15) is 11.6 Å². The number of para-hydroxylation sites is 2. The number of hydrogen-bond donors (Lipinski definition) is 1. The van der Waals surface area contributed by atoms with Gasteiger partial charge in [-0.25, -0.2) is 4.39 Å². The standard InChI is InChI=1S/C15H11FN2O2/c16-10-5-6-14(19)13(9-10)18-12-4-2-1-3-11(12)17-8-7-15(18)20/h1-6,8-9,19H,7H2. The molecule has 100 valence electrons. The number of carbonyl (C=O) groups excluding carboxylic acids is 1. The molecule has 0 atom stereocenters. The number of phenolic OH excluding ortho intramolecular Hbond substituents is 1. The summed E-state index contributed by atoms with van der Waals surface area (Å²) in [4.78, 5) is 17.7. The molecule has 3 rings (SSSR count). The van der Waals surface area contributed by atoms with Gasteiger partial charge in [0.2, 0.25) is 5.91 Å². The van der Waals surface area contributed by atoms with Gasteiger partial charge in [-0.3, -0.25) is 14.7 Å². The highest BCUT2D eigenvalue weighted by atomic mass is 19.1. The van der Waals surface area contributed by atoms with E-state index in [-0.39, 0.29) is 23.8 Å². The Morgan fingerprint density at radius 1 is 1.15 bits per heavy atom. The molecule has 4 nitrogen and oxygen atoms in total. The summed E-state index contributed by atoms with van der Waals surface area (Å²) in [6.07, 6.45) is 1.60. The van der Waals surface area contributed by atoms with Crippen molar-refractivity contribution >= 4 is 29.2 Å². The molecule has 1 N–H and O–H groups in total. The van der Waals surface area contributed by atoms with Crippen LogP contribution in [0.3, 0.4) is 0 Å². The summed E-state index contributed by atoms with van der Waals surface area (Å²) in [5.74, 6) is -0.954. The van der Waals surface area contributed by atoms with Crippen molar-refractivity contribution in [1.82, 2.24) is 0 Å². The number of benzene rings is 2. The van der Waals surface area contributed by atoms with Gasteiger partial charge in [0.15, 0.2) is 0 Å². The fraction of sp³-hybridized carbons (Fsp3) is 0.0667. The Hall–Kier alpha value is -2.69. The fourth-order valence-corrected chi connectivity index (χ4v) is 2.15. The number of fused-ring (bicyclic) bond motifs is 1. The van der Waals surface area contributed by atoms with Gasteiger partial charge in [-0.2, -0.15) is 0 Å². The minimum Gasteiger partial charge on any atom is -0.506 e. The van der Waals surface area contributed by atoms with Crippen molar-refractivity contribution in [2.24, 2.45) is 4.99 Å². The van der Waals surface area contributed by atoms with Crippen LogP contribution in [0.2, 0.25) is 0 Å². The summed E-state index contributed by atoms with van der Waals surface area (Å²) < 4.78 is 13.4. The number of carbonyl (C=O) groups is 1. The molecule has 0 saturated carbocycles. The Balaban J connectivity index is 2.22. The third kappa shape index (κ3) is 2.03. The van der Waals surface area contributed by atoms with Crippen molar-refractivity contribution in [3.05, 3.63) is 48.3 Å². The number of rotatable bonds is 1. The molecule has 0 aromatic heterocycles. The van der Waals surface area contributed by atoms with Crippen LogP contribution in [0.5, 0.6) is 5.75 Å². The molecule has 0 saturated heterocycles. The molecule has 2 aromatic rings. The second kappa shape index (κ2) is 4.77. The van der Waals surface area contributed by atoms with Crippen molar-refractivity contribution in [3.63, 3.8) is 0 Å². The van der Waals surface area contributed by atoms with Gasteiger partial charge in [-0.15, -0.1) is 0 Å². The van der Waals surface area contributed by atoms with Gasteiger partial charge in [0.25, 0.3) is 0 Å². The van der Waals surface area contributed by atoms with Crippen molar-refractivity contribution in [3.8, 4) is 5.75 Å². The molecule has 2 aromatic carbocycles. The molecule has 0 spiro atoms. The van der Waals surface area contributed by atoms with Crippen LogP contribution in [0.1, 0.15) is 6.42 Å². The lowest BCUT2D eigenvalue weighted by Crippen LogP contribution is -2.25. The van der Waals surface area contributed by atoms with Crippen molar-refractivity contribution in [2.45, 2.75) is 6.42 Å². The first kappa shape index (κ1) is 12.3. The first-order chi connectivity index (χ1) is 9.66. The first-order valence-corrected chi connectivity index (χ1v) is 6.10.